The molecule has 0 spiro atoms. The fraction of sp³-hybridized carbons (Fsp3) is 0.882. The van der Waals surface area contributed by atoms with E-state index in [0.29, 0.717) is 13.1 Å². The van der Waals surface area contributed by atoms with Gasteiger partial charge in [-0.2, -0.15) is 0 Å². The van der Waals surface area contributed by atoms with E-state index in [0.717, 1.165) is 19.3 Å². The topological polar surface area (TPSA) is 67.9 Å². The number of rotatable bonds is 3. The van der Waals surface area contributed by atoms with Crippen molar-refractivity contribution in [1.82, 2.24) is 10.2 Å². The van der Waals surface area contributed by atoms with Crippen LogP contribution in [0.4, 0.5) is 4.79 Å². The van der Waals surface area contributed by atoms with E-state index in [1.807, 2.05) is 41.5 Å². The van der Waals surface area contributed by atoms with Crippen molar-refractivity contribution in [3.8, 4) is 0 Å². The summed E-state index contributed by atoms with van der Waals surface area (Å²) in [6.07, 6.45) is 2.38. The molecule has 23 heavy (non-hydrogen) atoms. The molecule has 134 valence electrons. The first-order valence-corrected chi connectivity index (χ1v) is 8.39. The molecular formula is C17H32N2O4. The molecule has 6 heteroatoms. The van der Waals surface area contributed by atoms with Crippen LogP contribution in [0, 0.1) is 0 Å². The summed E-state index contributed by atoms with van der Waals surface area (Å²) in [5.41, 5.74) is -0.937. The highest BCUT2D eigenvalue weighted by Gasteiger charge is 2.25. The largest absolute Gasteiger partial charge is 0.459 e. The molecule has 1 aliphatic rings. The van der Waals surface area contributed by atoms with Gasteiger partial charge in [0.1, 0.15) is 11.2 Å². The number of esters is 1. The van der Waals surface area contributed by atoms with Crippen LogP contribution in [0.25, 0.3) is 0 Å². The Balaban J connectivity index is 2.38. The number of nitrogens with one attached hydrogen (secondary N) is 1. The molecule has 1 aliphatic heterocycles. The maximum Gasteiger partial charge on any atom is 0.410 e. The van der Waals surface area contributed by atoms with Gasteiger partial charge in [0.25, 0.3) is 0 Å². The summed E-state index contributed by atoms with van der Waals surface area (Å²) in [6.45, 7) is 12.7. The van der Waals surface area contributed by atoms with Crippen LogP contribution >= 0.6 is 0 Å². The number of ether oxygens (including phenoxy) is 2. The Kier molecular flexibility index (Phi) is 6.86. The van der Waals surface area contributed by atoms with Crippen molar-refractivity contribution in [2.45, 2.75) is 78.0 Å². The summed E-state index contributed by atoms with van der Waals surface area (Å²) in [6, 6.07) is 0.218. The molecule has 1 fully saturated rings. The van der Waals surface area contributed by atoms with E-state index in [1.54, 1.807) is 4.90 Å². The maximum atomic E-state index is 12.1. The molecule has 0 aromatic rings. The zero-order valence-corrected chi connectivity index (χ0v) is 15.4. The summed E-state index contributed by atoms with van der Waals surface area (Å²) in [7, 11) is 0. The van der Waals surface area contributed by atoms with Gasteiger partial charge in [-0.25, -0.2) is 4.79 Å². The standard InChI is InChI=1S/C17H32N2O4/c1-16(2,3)22-14(20)12-18-13-8-7-10-19(11-9-13)15(21)23-17(4,5)6/h13,18H,7-12H2,1-6H3. The number of carbonyl (C=O) groups excluding carboxylic acids is 2. The first-order chi connectivity index (χ1) is 10.5. The van der Waals surface area contributed by atoms with Crippen LogP contribution < -0.4 is 5.32 Å². The molecule has 1 rings (SSSR count). The molecule has 0 radical (unpaired) electrons. The smallest absolute Gasteiger partial charge is 0.410 e. The van der Waals surface area contributed by atoms with Gasteiger partial charge in [-0.05, 0) is 60.8 Å². The minimum atomic E-state index is -0.474. The van der Waals surface area contributed by atoms with Crippen molar-refractivity contribution in [2.24, 2.45) is 0 Å². The highest BCUT2D eigenvalue weighted by atomic mass is 16.6. The van der Waals surface area contributed by atoms with E-state index < -0.39 is 11.2 Å². The van der Waals surface area contributed by atoms with Crippen molar-refractivity contribution in [2.75, 3.05) is 19.6 Å². The molecule has 0 bridgehead atoms. The monoisotopic (exact) mass is 328 g/mol. The lowest BCUT2D eigenvalue weighted by molar-refractivity contribution is -0.153. The molecule has 1 amide bonds. The zero-order valence-electron chi connectivity index (χ0n) is 15.4. The second-order valence-corrected chi connectivity index (χ2v) is 8.06. The third-order valence-electron chi connectivity index (χ3n) is 3.33. The van der Waals surface area contributed by atoms with Crippen molar-refractivity contribution < 1.29 is 19.1 Å². The van der Waals surface area contributed by atoms with Gasteiger partial charge in [0.15, 0.2) is 0 Å². The number of amides is 1. The highest BCUT2D eigenvalue weighted by Crippen LogP contribution is 2.15. The average Bonchev–Trinajstić information content (AvgIpc) is 2.57. The molecule has 1 heterocycles. The van der Waals surface area contributed by atoms with Gasteiger partial charge in [-0.15, -0.1) is 0 Å². The summed E-state index contributed by atoms with van der Waals surface area (Å²) in [5, 5.41) is 3.24. The minimum Gasteiger partial charge on any atom is -0.459 e. The zero-order chi connectivity index (χ0) is 17.7. The quantitative estimate of drug-likeness (QED) is 0.807. The Bertz CT molecular complexity index is 410. The van der Waals surface area contributed by atoms with Crippen LogP contribution in [0.3, 0.4) is 0 Å². The van der Waals surface area contributed by atoms with Crippen molar-refractivity contribution in [1.29, 1.82) is 0 Å². The molecule has 0 aromatic heterocycles. The predicted octanol–water partition coefficient (Wildman–Crippen LogP) is 2.71. The van der Waals surface area contributed by atoms with E-state index in [2.05, 4.69) is 5.32 Å². The number of hydrogen-bond acceptors (Lipinski definition) is 5. The van der Waals surface area contributed by atoms with E-state index in [9.17, 15) is 9.59 Å². The highest BCUT2D eigenvalue weighted by molar-refractivity contribution is 5.72. The molecule has 0 aliphatic carbocycles. The Morgan fingerprint density at radius 2 is 1.61 bits per heavy atom. The second kappa shape index (κ2) is 7.99. The third-order valence-corrected chi connectivity index (χ3v) is 3.33. The molecule has 0 aromatic carbocycles. The lowest BCUT2D eigenvalue weighted by atomic mass is 10.1. The molecule has 6 nitrogen and oxygen atoms in total. The molecule has 0 saturated carbocycles. The van der Waals surface area contributed by atoms with Crippen molar-refractivity contribution in [3.05, 3.63) is 0 Å². The Morgan fingerprint density at radius 3 is 2.17 bits per heavy atom. The third kappa shape index (κ3) is 8.79. The molecule has 1 atom stereocenters. The van der Waals surface area contributed by atoms with E-state index >= 15 is 0 Å². The van der Waals surface area contributed by atoms with Crippen molar-refractivity contribution in [3.63, 3.8) is 0 Å². The summed E-state index contributed by atoms with van der Waals surface area (Å²) < 4.78 is 10.7. The van der Waals surface area contributed by atoms with Gasteiger partial charge in [-0.3, -0.25) is 4.79 Å². The molecule has 1 unspecified atom stereocenters. The van der Waals surface area contributed by atoms with Crippen LogP contribution in [0.2, 0.25) is 0 Å². The number of nitrogens with zero attached hydrogens (tertiary/aromatic N) is 1. The molecule has 1 N–H and O–H groups in total. The average molecular weight is 328 g/mol. The SMILES string of the molecule is CC(C)(C)OC(=O)CNC1CCCN(C(=O)OC(C)(C)C)CC1. The van der Waals surface area contributed by atoms with Crippen LogP contribution in [0.5, 0.6) is 0 Å². The summed E-state index contributed by atoms with van der Waals surface area (Å²) in [5.74, 6) is -0.245. The molecule has 1 saturated heterocycles. The lowest BCUT2D eigenvalue weighted by Gasteiger charge is -2.26. The van der Waals surface area contributed by atoms with E-state index in [1.165, 1.54) is 0 Å². The van der Waals surface area contributed by atoms with Gasteiger partial charge in [0, 0.05) is 19.1 Å². The number of hydrogen-bond donors (Lipinski definition) is 1. The van der Waals surface area contributed by atoms with Crippen molar-refractivity contribution >= 4 is 12.1 Å². The number of likely N-dealkylation sites (tertiary alicyclic amines) is 1. The first kappa shape index (κ1) is 19.7. The second-order valence-electron chi connectivity index (χ2n) is 8.06. The Labute approximate surface area is 139 Å². The van der Waals surface area contributed by atoms with Gasteiger partial charge in [0.05, 0.1) is 6.54 Å². The summed E-state index contributed by atoms with van der Waals surface area (Å²) in [4.78, 5) is 25.6. The Morgan fingerprint density at radius 1 is 1.00 bits per heavy atom. The van der Waals surface area contributed by atoms with Crippen LogP contribution in [0.15, 0.2) is 0 Å². The minimum absolute atomic E-state index is 0.203. The van der Waals surface area contributed by atoms with Crippen LogP contribution in [0.1, 0.15) is 60.8 Å². The number of carbonyl (C=O) groups is 2. The van der Waals surface area contributed by atoms with Crippen LogP contribution in [-0.4, -0.2) is 53.8 Å². The maximum absolute atomic E-state index is 12.1. The normalized spacial score (nSPS) is 19.9. The van der Waals surface area contributed by atoms with Gasteiger partial charge in [-0.1, -0.05) is 0 Å². The lowest BCUT2D eigenvalue weighted by Crippen LogP contribution is -2.39. The van der Waals surface area contributed by atoms with E-state index in [-0.39, 0.29) is 24.6 Å². The fourth-order valence-electron chi connectivity index (χ4n) is 2.41. The van der Waals surface area contributed by atoms with Gasteiger partial charge >= 0.3 is 12.1 Å². The summed E-state index contributed by atoms with van der Waals surface area (Å²) >= 11 is 0. The molecular weight excluding hydrogens is 296 g/mol. The van der Waals surface area contributed by atoms with Gasteiger partial charge in [0.2, 0.25) is 0 Å². The van der Waals surface area contributed by atoms with Crippen LogP contribution in [-0.2, 0) is 14.3 Å². The van der Waals surface area contributed by atoms with Gasteiger partial charge < -0.3 is 19.7 Å². The Hall–Kier alpha value is -1.30. The predicted molar refractivity (Wildman–Crippen MR) is 89.3 cm³/mol. The first-order valence-electron chi connectivity index (χ1n) is 8.39. The fourth-order valence-corrected chi connectivity index (χ4v) is 2.41. The van der Waals surface area contributed by atoms with E-state index in [4.69, 9.17) is 9.47 Å².